The molecule has 0 aliphatic carbocycles. The number of halogens is 2. The molecular weight excluding hydrogens is 227 g/mol. The standard InChI is InChI=1S/C12H12ClFN2/c1-9-2-3-11(14)4-10(9)6-16-7-12(5-13)15-8-16/h2-4,7-8H,5-6H2,1H3. The van der Waals surface area contributed by atoms with E-state index < -0.39 is 0 Å². The third kappa shape index (κ3) is 2.42. The van der Waals surface area contributed by atoms with Crippen molar-refractivity contribution in [2.24, 2.45) is 0 Å². The van der Waals surface area contributed by atoms with Crippen molar-refractivity contribution < 1.29 is 4.39 Å². The van der Waals surface area contributed by atoms with Gasteiger partial charge in [-0.05, 0) is 30.2 Å². The van der Waals surface area contributed by atoms with Gasteiger partial charge < -0.3 is 4.57 Å². The highest BCUT2D eigenvalue weighted by Crippen LogP contribution is 2.12. The molecule has 0 fully saturated rings. The second-order valence-corrected chi connectivity index (χ2v) is 4.01. The van der Waals surface area contributed by atoms with Crippen molar-refractivity contribution in [1.82, 2.24) is 9.55 Å². The van der Waals surface area contributed by atoms with Crippen LogP contribution in [0.1, 0.15) is 16.8 Å². The minimum atomic E-state index is -0.210. The van der Waals surface area contributed by atoms with Gasteiger partial charge in [-0.15, -0.1) is 11.6 Å². The maximum absolute atomic E-state index is 13.1. The molecule has 1 aromatic heterocycles. The lowest BCUT2D eigenvalue weighted by Crippen LogP contribution is -1.99. The lowest BCUT2D eigenvalue weighted by Gasteiger charge is -2.06. The minimum absolute atomic E-state index is 0.210. The number of aromatic nitrogens is 2. The molecule has 0 saturated carbocycles. The largest absolute Gasteiger partial charge is 0.333 e. The summed E-state index contributed by atoms with van der Waals surface area (Å²) in [4.78, 5) is 4.12. The number of hydrogen-bond acceptors (Lipinski definition) is 1. The molecule has 2 rings (SSSR count). The van der Waals surface area contributed by atoms with Crippen molar-refractivity contribution in [3.8, 4) is 0 Å². The molecular formula is C12H12ClFN2. The van der Waals surface area contributed by atoms with E-state index >= 15 is 0 Å². The quantitative estimate of drug-likeness (QED) is 0.752. The minimum Gasteiger partial charge on any atom is -0.333 e. The Kier molecular flexibility index (Phi) is 3.25. The van der Waals surface area contributed by atoms with E-state index in [0.717, 1.165) is 16.8 Å². The Balaban J connectivity index is 2.22. The Bertz CT molecular complexity index is 494. The SMILES string of the molecule is Cc1ccc(F)cc1Cn1cnc(CCl)c1. The molecule has 0 aliphatic rings. The average molecular weight is 239 g/mol. The maximum Gasteiger partial charge on any atom is 0.123 e. The molecule has 0 unspecified atom stereocenters. The van der Waals surface area contributed by atoms with Gasteiger partial charge in [-0.2, -0.15) is 0 Å². The molecule has 0 aliphatic heterocycles. The first-order valence-corrected chi connectivity index (χ1v) is 5.54. The Labute approximate surface area is 98.7 Å². The van der Waals surface area contributed by atoms with Gasteiger partial charge in [0.15, 0.2) is 0 Å². The van der Waals surface area contributed by atoms with Gasteiger partial charge in [0.1, 0.15) is 5.82 Å². The monoisotopic (exact) mass is 238 g/mol. The molecule has 16 heavy (non-hydrogen) atoms. The molecule has 0 spiro atoms. The van der Waals surface area contributed by atoms with Crippen LogP contribution < -0.4 is 0 Å². The number of hydrogen-bond donors (Lipinski definition) is 0. The highest BCUT2D eigenvalue weighted by Gasteiger charge is 2.03. The number of imidazole rings is 1. The predicted molar refractivity (Wildman–Crippen MR) is 62.0 cm³/mol. The predicted octanol–water partition coefficient (Wildman–Crippen LogP) is 3.12. The summed E-state index contributed by atoms with van der Waals surface area (Å²) >= 11 is 5.66. The van der Waals surface area contributed by atoms with E-state index in [2.05, 4.69) is 4.98 Å². The highest BCUT2D eigenvalue weighted by atomic mass is 35.5. The van der Waals surface area contributed by atoms with Crippen LogP contribution in [0.3, 0.4) is 0 Å². The molecule has 1 heterocycles. The van der Waals surface area contributed by atoms with Crippen LogP contribution >= 0.6 is 11.6 Å². The van der Waals surface area contributed by atoms with Crippen molar-refractivity contribution in [3.63, 3.8) is 0 Å². The smallest absolute Gasteiger partial charge is 0.123 e. The molecule has 0 bridgehead atoms. The second-order valence-electron chi connectivity index (χ2n) is 3.74. The number of aryl methyl sites for hydroxylation is 1. The van der Waals surface area contributed by atoms with E-state index in [-0.39, 0.29) is 5.82 Å². The molecule has 0 radical (unpaired) electrons. The highest BCUT2D eigenvalue weighted by molar-refractivity contribution is 6.16. The fraction of sp³-hybridized carbons (Fsp3) is 0.250. The second kappa shape index (κ2) is 4.66. The summed E-state index contributed by atoms with van der Waals surface area (Å²) in [5, 5.41) is 0. The summed E-state index contributed by atoms with van der Waals surface area (Å²) < 4.78 is 15.0. The summed E-state index contributed by atoms with van der Waals surface area (Å²) in [6.45, 7) is 2.58. The molecule has 0 atom stereocenters. The summed E-state index contributed by atoms with van der Waals surface area (Å²) in [7, 11) is 0. The number of rotatable bonds is 3. The molecule has 1 aromatic carbocycles. The lowest BCUT2D eigenvalue weighted by molar-refractivity contribution is 0.622. The fourth-order valence-corrected chi connectivity index (χ4v) is 1.71. The zero-order chi connectivity index (χ0) is 11.5. The molecule has 2 nitrogen and oxygen atoms in total. The first kappa shape index (κ1) is 11.1. The fourth-order valence-electron chi connectivity index (χ4n) is 1.57. The summed E-state index contributed by atoms with van der Waals surface area (Å²) in [5.74, 6) is 0.188. The topological polar surface area (TPSA) is 17.8 Å². The summed E-state index contributed by atoms with van der Waals surface area (Å²) in [6, 6.07) is 4.80. The van der Waals surface area contributed by atoms with Gasteiger partial charge in [0.25, 0.3) is 0 Å². The van der Waals surface area contributed by atoms with E-state index in [4.69, 9.17) is 11.6 Å². The van der Waals surface area contributed by atoms with E-state index in [1.54, 1.807) is 18.5 Å². The van der Waals surface area contributed by atoms with Crippen LogP contribution in [-0.2, 0) is 12.4 Å². The van der Waals surface area contributed by atoms with Gasteiger partial charge in [-0.25, -0.2) is 9.37 Å². The van der Waals surface area contributed by atoms with Crippen molar-refractivity contribution in [2.75, 3.05) is 0 Å². The number of alkyl halides is 1. The Morgan fingerprint density at radius 2 is 2.25 bits per heavy atom. The molecule has 0 N–H and O–H groups in total. The van der Waals surface area contributed by atoms with Gasteiger partial charge in [0.2, 0.25) is 0 Å². The van der Waals surface area contributed by atoms with Gasteiger partial charge in [0.05, 0.1) is 17.9 Å². The van der Waals surface area contributed by atoms with Crippen molar-refractivity contribution in [1.29, 1.82) is 0 Å². The molecule has 2 aromatic rings. The van der Waals surface area contributed by atoms with Crippen LogP contribution in [0.15, 0.2) is 30.7 Å². The lowest BCUT2D eigenvalue weighted by atomic mass is 10.1. The molecule has 0 saturated heterocycles. The molecule has 84 valence electrons. The van der Waals surface area contributed by atoms with Crippen LogP contribution in [0, 0.1) is 12.7 Å². The van der Waals surface area contributed by atoms with Gasteiger partial charge >= 0.3 is 0 Å². The number of nitrogens with zero attached hydrogens (tertiary/aromatic N) is 2. The maximum atomic E-state index is 13.1. The zero-order valence-corrected chi connectivity index (χ0v) is 9.71. The average Bonchev–Trinajstić information content (AvgIpc) is 2.71. The van der Waals surface area contributed by atoms with Crippen LogP contribution in [0.4, 0.5) is 4.39 Å². The third-order valence-electron chi connectivity index (χ3n) is 2.49. The van der Waals surface area contributed by atoms with E-state index in [1.807, 2.05) is 17.7 Å². The van der Waals surface area contributed by atoms with Crippen LogP contribution in [0.5, 0.6) is 0 Å². The van der Waals surface area contributed by atoms with Gasteiger partial charge in [0, 0.05) is 12.7 Å². The normalized spacial score (nSPS) is 10.7. The number of benzene rings is 1. The third-order valence-corrected chi connectivity index (χ3v) is 2.76. The Hall–Kier alpha value is -1.35. The van der Waals surface area contributed by atoms with Crippen molar-refractivity contribution >= 4 is 11.6 Å². The van der Waals surface area contributed by atoms with Gasteiger partial charge in [-0.3, -0.25) is 0 Å². The Morgan fingerprint density at radius 3 is 2.94 bits per heavy atom. The Morgan fingerprint density at radius 1 is 1.44 bits per heavy atom. The van der Waals surface area contributed by atoms with Crippen LogP contribution in [-0.4, -0.2) is 9.55 Å². The van der Waals surface area contributed by atoms with Crippen molar-refractivity contribution in [2.45, 2.75) is 19.3 Å². The first-order chi connectivity index (χ1) is 7.69. The van der Waals surface area contributed by atoms with Crippen LogP contribution in [0.2, 0.25) is 0 Å². The van der Waals surface area contributed by atoms with Crippen molar-refractivity contribution in [3.05, 3.63) is 53.4 Å². The zero-order valence-electron chi connectivity index (χ0n) is 8.95. The van der Waals surface area contributed by atoms with E-state index in [9.17, 15) is 4.39 Å². The molecule has 0 amide bonds. The van der Waals surface area contributed by atoms with E-state index in [0.29, 0.717) is 12.4 Å². The summed E-state index contributed by atoms with van der Waals surface area (Å²) in [6.07, 6.45) is 3.58. The molecule has 4 heteroatoms. The van der Waals surface area contributed by atoms with Gasteiger partial charge in [-0.1, -0.05) is 6.07 Å². The summed E-state index contributed by atoms with van der Waals surface area (Å²) in [5.41, 5.74) is 2.86. The first-order valence-electron chi connectivity index (χ1n) is 5.00. The van der Waals surface area contributed by atoms with Crippen LogP contribution in [0.25, 0.3) is 0 Å². The van der Waals surface area contributed by atoms with E-state index in [1.165, 1.54) is 6.07 Å².